The fourth-order valence-corrected chi connectivity index (χ4v) is 3.76. The lowest BCUT2D eigenvalue weighted by atomic mass is 10.1. The molecule has 9 heteroatoms. The predicted octanol–water partition coefficient (Wildman–Crippen LogP) is 1.84. The van der Waals surface area contributed by atoms with E-state index in [2.05, 4.69) is 15.4 Å². The van der Waals surface area contributed by atoms with Gasteiger partial charge in [-0.3, -0.25) is 14.5 Å². The first kappa shape index (κ1) is 19.0. The number of amides is 1. The number of halogens is 1. The van der Waals surface area contributed by atoms with E-state index in [-0.39, 0.29) is 28.5 Å². The van der Waals surface area contributed by atoms with Crippen molar-refractivity contribution in [2.24, 2.45) is 5.92 Å². The molecule has 29 heavy (non-hydrogen) atoms. The molecule has 3 N–H and O–H groups in total. The quantitative estimate of drug-likeness (QED) is 0.604. The number of carboxylic acids is 1. The fourth-order valence-electron chi connectivity index (χ4n) is 3.76. The zero-order valence-electron chi connectivity index (χ0n) is 15.3. The van der Waals surface area contributed by atoms with Crippen LogP contribution in [-0.2, 0) is 6.54 Å². The van der Waals surface area contributed by atoms with Gasteiger partial charge >= 0.3 is 5.97 Å². The first-order valence-corrected chi connectivity index (χ1v) is 9.19. The molecule has 0 radical (unpaired) electrons. The van der Waals surface area contributed by atoms with E-state index in [0.29, 0.717) is 24.8 Å². The molecule has 0 bridgehead atoms. The van der Waals surface area contributed by atoms with Gasteiger partial charge in [0.1, 0.15) is 11.3 Å². The summed E-state index contributed by atoms with van der Waals surface area (Å²) in [5, 5.41) is 26.7. The van der Waals surface area contributed by atoms with E-state index in [0.717, 1.165) is 0 Å². The average molecular weight is 398 g/mol. The monoisotopic (exact) mass is 398 g/mol. The molecule has 0 saturated heterocycles. The normalized spacial score (nSPS) is 21.4. The highest BCUT2D eigenvalue weighted by atomic mass is 19.1. The molecule has 2 aromatic heterocycles. The molecule has 3 atom stereocenters. The molecule has 0 aliphatic heterocycles. The number of fused-ring (bicyclic) bond motifs is 1. The molecule has 4 rings (SSSR count). The summed E-state index contributed by atoms with van der Waals surface area (Å²) in [6.07, 6.45) is 4.32. The first-order chi connectivity index (χ1) is 13.9. The minimum absolute atomic E-state index is 0.0423. The predicted molar refractivity (Wildman–Crippen MR) is 101 cm³/mol. The van der Waals surface area contributed by atoms with Crippen molar-refractivity contribution in [3.63, 3.8) is 0 Å². The maximum atomic E-state index is 13.7. The third-order valence-corrected chi connectivity index (χ3v) is 5.19. The van der Waals surface area contributed by atoms with Crippen molar-refractivity contribution in [1.82, 2.24) is 20.1 Å². The number of aliphatic hydroxyl groups is 1. The van der Waals surface area contributed by atoms with E-state index in [1.54, 1.807) is 18.2 Å². The number of pyridine rings is 1. The number of carbonyl (C=O) groups excluding carboxylic acids is 1. The van der Waals surface area contributed by atoms with Gasteiger partial charge in [0, 0.05) is 24.3 Å². The molecule has 1 aliphatic carbocycles. The minimum atomic E-state index is -1.04. The summed E-state index contributed by atoms with van der Waals surface area (Å²) in [5.41, 5.74) is 0.593. The zero-order chi connectivity index (χ0) is 20.5. The van der Waals surface area contributed by atoms with E-state index < -0.39 is 23.9 Å². The number of nitrogens with zero attached hydrogens (tertiary/aromatic N) is 3. The van der Waals surface area contributed by atoms with E-state index in [1.807, 2.05) is 0 Å². The first-order valence-electron chi connectivity index (χ1n) is 9.19. The van der Waals surface area contributed by atoms with Gasteiger partial charge in [-0.2, -0.15) is 5.10 Å². The Kier molecular flexibility index (Phi) is 4.98. The Hall–Kier alpha value is -3.33. The number of hydrogen-bond acceptors (Lipinski definition) is 5. The maximum absolute atomic E-state index is 13.7. The molecule has 1 unspecified atom stereocenters. The Bertz CT molecular complexity index is 1080. The summed E-state index contributed by atoms with van der Waals surface area (Å²) in [6.45, 7) is 0.452. The summed E-state index contributed by atoms with van der Waals surface area (Å²) in [5.74, 6) is -1.84. The Morgan fingerprint density at radius 3 is 2.83 bits per heavy atom. The number of aromatic nitrogens is 3. The van der Waals surface area contributed by atoms with Crippen LogP contribution in [0.1, 0.15) is 33.6 Å². The Morgan fingerprint density at radius 2 is 2.07 bits per heavy atom. The van der Waals surface area contributed by atoms with E-state index in [4.69, 9.17) is 5.11 Å². The van der Waals surface area contributed by atoms with Gasteiger partial charge in [-0.25, -0.2) is 9.18 Å². The van der Waals surface area contributed by atoms with Crippen LogP contribution in [0.25, 0.3) is 10.9 Å². The van der Waals surface area contributed by atoms with Crippen LogP contribution in [0.3, 0.4) is 0 Å². The number of carbonyl (C=O) groups is 2. The minimum Gasteiger partial charge on any atom is -0.478 e. The molecule has 8 nitrogen and oxygen atoms in total. The molecule has 1 aliphatic rings. The fraction of sp³-hybridized carbons (Fsp3) is 0.300. The van der Waals surface area contributed by atoms with Crippen LogP contribution >= 0.6 is 0 Å². The number of hydrogen-bond donors (Lipinski definition) is 3. The van der Waals surface area contributed by atoms with Gasteiger partial charge in [0.25, 0.3) is 5.91 Å². The van der Waals surface area contributed by atoms with Gasteiger partial charge in [0.05, 0.1) is 29.5 Å². The number of carboxylic acid groups (broad SMARTS) is 1. The number of aromatic carboxylic acids is 1. The summed E-state index contributed by atoms with van der Waals surface area (Å²) in [7, 11) is 0. The van der Waals surface area contributed by atoms with Crippen molar-refractivity contribution >= 4 is 22.8 Å². The number of aliphatic hydroxyl groups excluding tert-OH is 1. The van der Waals surface area contributed by atoms with Crippen molar-refractivity contribution < 1.29 is 24.2 Å². The second-order valence-electron chi connectivity index (χ2n) is 7.28. The van der Waals surface area contributed by atoms with Gasteiger partial charge in [0.15, 0.2) is 0 Å². The number of para-hydroxylation sites is 1. The third-order valence-electron chi connectivity index (χ3n) is 5.19. The van der Waals surface area contributed by atoms with Crippen LogP contribution in [0.15, 0.2) is 42.9 Å². The van der Waals surface area contributed by atoms with E-state index in [9.17, 15) is 19.1 Å². The van der Waals surface area contributed by atoms with Gasteiger partial charge in [-0.1, -0.05) is 12.1 Å². The SMILES string of the molecule is O=C(O)c1cnn(CC2C[C@@H](O)[C@H](NC(=O)c3cnc4c(F)cccc4c3)C2)c1. The second-order valence-corrected chi connectivity index (χ2v) is 7.28. The lowest BCUT2D eigenvalue weighted by molar-refractivity contribution is 0.0696. The second kappa shape index (κ2) is 7.59. The van der Waals surface area contributed by atoms with Gasteiger partial charge in [-0.05, 0) is 30.9 Å². The largest absolute Gasteiger partial charge is 0.478 e. The zero-order valence-corrected chi connectivity index (χ0v) is 15.3. The summed E-state index contributed by atoms with van der Waals surface area (Å²) in [6, 6.07) is 5.67. The van der Waals surface area contributed by atoms with Crippen molar-refractivity contribution in [2.45, 2.75) is 31.5 Å². The lowest BCUT2D eigenvalue weighted by Gasteiger charge is -2.16. The van der Waals surface area contributed by atoms with Gasteiger partial charge < -0.3 is 15.5 Å². The van der Waals surface area contributed by atoms with Crippen molar-refractivity contribution in [3.05, 3.63) is 59.8 Å². The third kappa shape index (κ3) is 3.95. The Labute approximate surface area is 165 Å². The van der Waals surface area contributed by atoms with Gasteiger partial charge in [0.2, 0.25) is 0 Å². The van der Waals surface area contributed by atoms with Crippen LogP contribution in [0.5, 0.6) is 0 Å². The molecule has 3 aromatic rings. The molecule has 0 spiro atoms. The molecule has 150 valence electrons. The van der Waals surface area contributed by atoms with Crippen LogP contribution in [0.4, 0.5) is 4.39 Å². The topological polar surface area (TPSA) is 117 Å². The van der Waals surface area contributed by atoms with Crippen molar-refractivity contribution in [3.8, 4) is 0 Å². The molecule has 1 saturated carbocycles. The van der Waals surface area contributed by atoms with Crippen LogP contribution < -0.4 is 5.32 Å². The lowest BCUT2D eigenvalue weighted by Crippen LogP contribution is -2.40. The molecule has 1 fully saturated rings. The standard InChI is InChI=1S/C20H19FN4O4/c21-15-3-1-2-12-6-13(7-22-18(12)15)19(27)24-16-4-11(5-17(16)26)9-25-10-14(8-23-25)20(28)29/h1-3,6-8,10-11,16-17,26H,4-5,9H2,(H,24,27)(H,28,29)/t11?,16-,17-/m1/s1. The Balaban J connectivity index is 1.41. The van der Waals surface area contributed by atoms with Crippen LogP contribution in [0, 0.1) is 11.7 Å². The van der Waals surface area contributed by atoms with Crippen LogP contribution in [0.2, 0.25) is 0 Å². The number of nitrogens with one attached hydrogen (secondary N) is 1. The highest BCUT2D eigenvalue weighted by Crippen LogP contribution is 2.28. The number of benzene rings is 1. The maximum Gasteiger partial charge on any atom is 0.338 e. The molecule has 1 aromatic carbocycles. The van der Waals surface area contributed by atoms with Crippen molar-refractivity contribution in [1.29, 1.82) is 0 Å². The summed E-state index contributed by atoms with van der Waals surface area (Å²) < 4.78 is 15.3. The number of rotatable bonds is 5. The van der Waals surface area contributed by atoms with E-state index >= 15 is 0 Å². The molecule has 1 amide bonds. The van der Waals surface area contributed by atoms with Crippen LogP contribution in [-0.4, -0.2) is 49.0 Å². The average Bonchev–Trinajstić information content (AvgIpc) is 3.29. The van der Waals surface area contributed by atoms with Crippen molar-refractivity contribution in [2.75, 3.05) is 0 Å². The summed E-state index contributed by atoms with van der Waals surface area (Å²) >= 11 is 0. The molecular formula is C20H19FN4O4. The highest BCUT2D eigenvalue weighted by molar-refractivity contribution is 5.97. The Morgan fingerprint density at radius 1 is 1.24 bits per heavy atom. The molecular weight excluding hydrogens is 379 g/mol. The summed E-state index contributed by atoms with van der Waals surface area (Å²) in [4.78, 5) is 27.5. The van der Waals surface area contributed by atoms with E-state index in [1.165, 1.54) is 29.3 Å². The smallest absolute Gasteiger partial charge is 0.338 e. The molecule has 2 heterocycles. The highest BCUT2D eigenvalue weighted by Gasteiger charge is 2.34. The van der Waals surface area contributed by atoms with Gasteiger partial charge in [-0.15, -0.1) is 0 Å².